The first-order valence-electron chi connectivity index (χ1n) is 8.57. The van der Waals surface area contributed by atoms with Gasteiger partial charge in [0.2, 0.25) is 0 Å². The number of aliphatic hydroxyl groups excluding tert-OH is 1. The number of rotatable bonds is 3. The van der Waals surface area contributed by atoms with E-state index in [1.54, 1.807) is 18.6 Å². The normalized spacial score (nSPS) is 29.3. The number of hydrogen-bond acceptors (Lipinski definition) is 6. The number of fused-ring (bicyclic) bond motifs is 1. The lowest BCUT2D eigenvalue weighted by Gasteiger charge is -2.35. The molecule has 4 rings (SSSR count). The highest BCUT2D eigenvalue weighted by molar-refractivity contribution is 5.48. The van der Waals surface area contributed by atoms with Crippen molar-refractivity contribution in [1.82, 2.24) is 15.0 Å². The SMILES string of the molecule is Cc1cc(N2C[C@H]3C[C@@H](Nc4cnccn4)[C@H](O)C[C@H]3C2)ccn1. The van der Waals surface area contributed by atoms with E-state index in [0.717, 1.165) is 37.4 Å². The minimum absolute atomic E-state index is 0.0436. The third kappa shape index (κ3) is 3.06. The molecule has 126 valence electrons. The van der Waals surface area contributed by atoms with Gasteiger partial charge in [-0.15, -0.1) is 0 Å². The zero-order chi connectivity index (χ0) is 16.5. The number of aliphatic hydroxyl groups is 1. The van der Waals surface area contributed by atoms with E-state index in [-0.39, 0.29) is 12.1 Å². The summed E-state index contributed by atoms with van der Waals surface area (Å²) in [5.41, 5.74) is 2.29. The summed E-state index contributed by atoms with van der Waals surface area (Å²) in [5.74, 6) is 1.88. The van der Waals surface area contributed by atoms with E-state index < -0.39 is 0 Å². The van der Waals surface area contributed by atoms with Crippen molar-refractivity contribution in [3.63, 3.8) is 0 Å². The van der Waals surface area contributed by atoms with E-state index in [1.807, 2.05) is 13.1 Å². The lowest BCUT2D eigenvalue weighted by molar-refractivity contribution is 0.0737. The van der Waals surface area contributed by atoms with Gasteiger partial charge >= 0.3 is 0 Å². The second-order valence-electron chi connectivity index (χ2n) is 6.96. The van der Waals surface area contributed by atoms with Crippen molar-refractivity contribution in [2.45, 2.75) is 31.9 Å². The average Bonchev–Trinajstić information content (AvgIpc) is 2.99. The average molecular weight is 325 g/mol. The lowest BCUT2D eigenvalue weighted by atomic mass is 9.77. The molecule has 0 aromatic carbocycles. The predicted molar refractivity (Wildman–Crippen MR) is 92.9 cm³/mol. The molecular formula is C18H23N5O. The molecule has 4 atom stereocenters. The van der Waals surface area contributed by atoms with Gasteiger partial charge in [0.15, 0.2) is 0 Å². The molecule has 1 saturated carbocycles. The smallest absolute Gasteiger partial charge is 0.144 e. The molecule has 0 unspecified atom stereocenters. The summed E-state index contributed by atoms with van der Waals surface area (Å²) in [7, 11) is 0. The summed E-state index contributed by atoms with van der Waals surface area (Å²) in [6.07, 6.45) is 8.37. The molecule has 0 radical (unpaired) electrons. The van der Waals surface area contributed by atoms with Gasteiger partial charge in [-0.05, 0) is 43.7 Å². The first kappa shape index (κ1) is 15.3. The predicted octanol–water partition coefficient (Wildman–Crippen LogP) is 1.87. The van der Waals surface area contributed by atoms with Crippen LogP contribution in [0.25, 0.3) is 0 Å². The van der Waals surface area contributed by atoms with Crippen LogP contribution in [0.5, 0.6) is 0 Å². The Morgan fingerprint density at radius 1 is 1.12 bits per heavy atom. The highest BCUT2D eigenvalue weighted by Gasteiger charge is 2.41. The van der Waals surface area contributed by atoms with Gasteiger partial charge in [0, 0.05) is 43.1 Å². The van der Waals surface area contributed by atoms with Crippen molar-refractivity contribution in [3.05, 3.63) is 42.6 Å². The Morgan fingerprint density at radius 3 is 2.71 bits per heavy atom. The second kappa shape index (κ2) is 6.36. The second-order valence-corrected chi connectivity index (χ2v) is 6.96. The molecule has 2 aliphatic rings. The zero-order valence-electron chi connectivity index (χ0n) is 13.8. The highest BCUT2D eigenvalue weighted by Crippen LogP contribution is 2.39. The third-order valence-corrected chi connectivity index (χ3v) is 5.28. The fraction of sp³-hybridized carbons (Fsp3) is 0.500. The third-order valence-electron chi connectivity index (χ3n) is 5.28. The van der Waals surface area contributed by atoms with Crippen LogP contribution < -0.4 is 10.2 Å². The van der Waals surface area contributed by atoms with Crippen molar-refractivity contribution in [2.75, 3.05) is 23.3 Å². The van der Waals surface area contributed by atoms with Gasteiger partial charge in [-0.1, -0.05) is 0 Å². The fourth-order valence-corrected chi connectivity index (χ4v) is 4.09. The molecule has 0 spiro atoms. The Kier molecular flexibility index (Phi) is 4.06. The minimum Gasteiger partial charge on any atom is -0.391 e. The number of aryl methyl sites for hydroxylation is 1. The molecule has 2 N–H and O–H groups in total. The quantitative estimate of drug-likeness (QED) is 0.897. The summed E-state index contributed by atoms with van der Waals surface area (Å²) in [6, 6.07) is 4.26. The van der Waals surface area contributed by atoms with Crippen LogP contribution in [0.4, 0.5) is 11.5 Å². The zero-order valence-corrected chi connectivity index (χ0v) is 13.8. The van der Waals surface area contributed by atoms with Crippen LogP contribution in [-0.4, -0.2) is 45.3 Å². The topological polar surface area (TPSA) is 74.2 Å². The van der Waals surface area contributed by atoms with Crippen LogP contribution in [0.3, 0.4) is 0 Å². The molecule has 6 nitrogen and oxygen atoms in total. The Hall–Kier alpha value is -2.21. The lowest BCUT2D eigenvalue weighted by Crippen LogP contribution is -2.43. The largest absolute Gasteiger partial charge is 0.391 e. The van der Waals surface area contributed by atoms with Gasteiger partial charge in [0.25, 0.3) is 0 Å². The molecule has 24 heavy (non-hydrogen) atoms. The Balaban J connectivity index is 1.45. The molecular weight excluding hydrogens is 302 g/mol. The summed E-state index contributed by atoms with van der Waals surface area (Å²) in [6.45, 7) is 4.08. The number of pyridine rings is 1. The number of aromatic nitrogens is 3. The van der Waals surface area contributed by atoms with E-state index in [4.69, 9.17) is 0 Å². The first-order chi connectivity index (χ1) is 11.7. The molecule has 0 bridgehead atoms. The summed E-state index contributed by atoms with van der Waals surface area (Å²) in [5, 5.41) is 13.9. The van der Waals surface area contributed by atoms with Gasteiger partial charge in [-0.25, -0.2) is 4.98 Å². The van der Waals surface area contributed by atoms with Crippen molar-refractivity contribution in [3.8, 4) is 0 Å². The van der Waals surface area contributed by atoms with Crippen LogP contribution in [-0.2, 0) is 0 Å². The van der Waals surface area contributed by atoms with Crippen LogP contribution in [0.1, 0.15) is 18.5 Å². The Morgan fingerprint density at radius 2 is 1.96 bits per heavy atom. The van der Waals surface area contributed by atoms with Crippen molar-refractivity contribution < 1.29 is 5.11 Å². The summed E-state index contributed by atoms with van der Waals surface area (Å²) < 4.78 is 0. The van der Waals surface area contributed by atoms with Crippen molar-refractivity contribution in [2.24, 2.45) is 11.8 Å². The van der Waals surface area contributed by atoms with Crippen LogP contribution >= 0.6 is 0 Å². The molecule has 0 amide bonds. The van der Waals surface area contributed by atoms with E-state index in [9.17, 15) is 5.11 Å². The fourth-order valence-electron chi connectivity index (χ4n) is 4.09. The van der Waals surface area contributed by atoms with Crippen LogP contribution in [0.15, 0.2) is 36.9 Å². The van der Waals surface area contributed by atoms with E-state index in [0.29, 0.717) is 11.8 Å². The molecule has 1 saturated heterocycles. The molecule has 2 aromatic heterocycles. The highest BCUT2D eigenvalue weighted by atomic mass is 16.3. The van der Waals surface area contributed by atoms with Gasteiger partial charge in [0.05, 0.1) is 18.3 Å². The molecule has 3 heterocycles. The van der Waals surface area contributed by atoms with Crippen molar-refractivity contribution >= 4 is 11.5 Å². The molecule has 2 fully saturated rings. The number of nitrogens with zero attached hydrogens (tertiary/aromatic N) is 4. The summed E-state index contributed by atoms with van der Waals surface area (Å²) >= 11 is 0. The molecule has 1 aliphatic carbocycles. The maximum absolute atomic E-state index is 10.5. The molecule has 1 aliphatic heterocycles. The van der Waals surface area contributed by atoms with Crippen LogP contribution in [0, 0.1) is 18.8 Å². The summed E-state index contributed by atoms with van der Waals surface area (Å²) in [4.78, 5) is 15.1. The van der Waals surface area contributed by atoms with Crippen molar-refractivity contribution in [1.29, 1.82) is 0 Å². The number of anilines is 2. The van der Waals surface area contributed by atoms with Gasteiger partial charge in [-0.3, -0.25) is 9.97 Å². The Labute approximate surface area is 142 Å². The van der Waals surface area contributed by atoms with E-state index in [1.165, 1.54) is 5.69 Å². The molecule has 2 aromatic rings. The van der Waals surface area contributed by atoms with Gasteiger partial charge in [-0.2, -0.15) is 0 Å². The van der Waals surface area contributed by atoms with Crippen LogP contribution in [0.2, 0.25) is 0 Å². The van der Waals surface area contributed by atoms with E-state index >= 15 is 0 Å². The standard InChI is InChI=1S/C18H23N5O/c1-12-6-15(2-3-20-12)23-10-13-7-16(17(24)8-14(13)11-23)22-18-9-19-4-5-21-18/h2-6,9,13-14,16-17,24H,7-8,10-11H2,1H3,(H,21,22)/t13-,14+,16-,17-/m1/s1. The monoisotopic (exact) mass is 325 g/mol. The minimum atomic E-state index is -0.340. The maximum atomic E-state index is 10.5. The maximum Gasteiger partial charge on any atom is 0.144 e. The van der Waals surface area contributed by atoms with Gasteiger partial charge < -0.3 is 15.3 Å². The van der Waals surface area contributed by atoms with Gasteiger partial charge in [0.1, 0.15) is 5.82 Å². The number of nitrogens with one attached hydrogen (secondary N) is 1. The van der Waals surface area contributed by atoms with E-state index in [2.05, 4.69) is 37.3 Å². The molecule has 6 heteroatoms. The Bertz CT molecular complexity index is 695. The first-order valence-corrected chi connectivity index (χ1v) is 8.57. The number of hydrogen-bond donors (Lipinski definition) is 2.